The lowest BCUT2D eigenvalue weighted by atomic mass is 10.1. The molecule has 0 aliphatic carbocycles. The quantitative estimate of drug-likeness (QED) is 0.672. The molecule has 0 fully saturated rings. The number of anilines is 1. The van der Waals surface area contributed by atoms with Gasteiger partial charge in [-0.2, -0.15) is 0 Å². The highest BCUT2D eigenvalue weighted by atomic mass is 16.3. The maximum Gasteiger partial charge on any atom is 0.320 e. The molecule has 0 bridgehead atoms. The highest BCUT2D eigenvalue weighted by Gasteiger charge is 2.18. The number of hydrogen-bond acceptors (Lipinski definition) is 4. The van der Waals surface area contributed by atoms with Crippen LogP contribution < -0.4 is 10.6 Å². The van der Waals surface area contributed by atoms with Crippen LogP contribution in [0.4, 0.5) is 10.6 Å². The zero-order valence-corrected chi connectivity index (χ0v) is 8.69. The Kier molecular flexibility index (Phi) is 3.56. The molecule has 2 amide bonds. The Hall–Kier alpha value is -1.69. The van der Waals surface area contributed by atoms with Crippen LogP contribution in [0.2, 0.25) is 0 Å². The number of aliphatic hydroxyl groups excluding tert-OH is 1. The maximum absolute atomic E-state index is 11.4. The van der Waals surface area contributed by atoms with Gasteiger partial charge >= 0.3 is 6.03 Å². The molecule has 3 N–H and O–H groups in total. The van der Waals surface area contributed by atoms with Crippen molar-refractivity contribution in [1.29, 1.82) is 0 Å². The SMILES string of the molecule is CC(C)(CO)NC(=O)Nc1cnccn1. The fourth-order valence-corrected chi connectivity index (χ4v) is 0.858. The van der Waals surface area contributed by atoms with Crippen molar-refractivity contribution in [1.82, 2.24) is 15.3 Å². The van der Waals surface area contributed by atoms with Crippen LogP contribution in [0.3, 0.4) is 0 Å². The lowest BCUT2D eigenvalue weighted by Crippen LogP contribution is -2.48. The van der Waals surface area contributed by atoms with Crippen LogP contribution in [0.5, 0.6) is 0 Å². The second-order valence-electron chi connectivity index (χ2n) is 3.71. The molecule has 1 heterocycles. The Labute approximate surface area is 87.8 Å². The molecule has 0 aliphatic heterocycles. The van der Waals surface area contributed by atoms with E-state index in [0.29, 0.717) is 5.82 Å². The average Bonchev–Trinajstić information content (AvgIpc) is 2.18. The summed E-state index contributed by atoms with van der Waals surface area (Å²) < 4.78 is 0. The van der Waals surface area contributed by atoms with Gasteiger partial charge in [-0.25, -0.2) is 9.78 Å². The van der Waals surface area contributed by atoms with E-state index in [1.165, 1.54) is 18.6 Å². The van der Waals surface area contributed by atoms with Gasteiger partial charge in [-0.15, -0.1) is 0 Å². The lowest BCUT2D eigenvalue weighted by molar-refractivity contribution is 0.187. The number of aliphatic hydroxyl groups is 1. The fraction of sp³-hybridized carbons (Fsp3) is 0.444. The topological polar surface area (TPSA) is 87.1 Å². The van der Waals surface area contributed by atoms with Gasteiger partial charge in [0.1, 0.15) is 0 Å². The summed E-state index contributed by atoms with van der Waals surface area (Å²) in [6, 6.07) is -0.422. The number of carbonyl (C=O) groups excluding carboxylic acids is 1. The van der Waals surface area contributed by atoms with Gasteiger partial charge in [0.05, 0.1) is 18.3 Å². The summed E-state index contributed by atoms with van der Waals surface area (Å²) in [5, 5.41) is 14.0. The van der Waals surface area contributed by atoms with Gasteiger partial charge in [-0.1, -0.05) is 0 Å². The average molecular weight is 210 g/mol. The van der Waals surface area contributed by atoms with Crippen LogP contribution >= 0.6 is 0 Å². The molecular weight excluding hydrogens is 196 g/mol. The molecule has 1 aromatic heterocycles. The van der Waals surface area contributed by atoms with Crippen LogP contribution in [0.15, 0.2) is 18.6 Å². The summed E-state index contributed by atoms with van der Waals surface area (Å²) in [7, 11) is 0. The van der Waals surface area contributed by atoms with Crippen molar-refractivity contribution in [2.45, 2.75) is 19.4 Å². The molecule has 0 radical (unpaired) electrons. The first-order valence-electron chi connectivity index (χ1n) is 4.49. The standard InChI is InChI=1S/C9H14N4O2/c1-9(2,6-14)13-8(15)12-7-5-10-3-4-11-7/h3-5,14H,6H2,1-2H3,(H2,11,12,13,15). The van der Waals surface area contributed by atoms with Crippen LogP contribution in [-0.4, -0.2) is 33.3 Å². The molecule has 1 aromatic rings. The van der Waals surface area contributed by atoms with Crippen LogP contribution in [0.1, 0.15) is 13.8 Å². The molecule has 0 unspecified atom stereocenters. The molecule has 6 heteroatoms. The molecule has 6 nitrogen and oxygen atoms in total. The van der Waals surface area contributed by atoms with E-state index in [2.05, 4.69) is 20.6 Å². The number of rotatable bonds is 3. The van der Waals surface area contributed by atoms with E-state index in [1.54, 1.807) is 13.8 Å². The largest absolute Gasteiger partial charge is 0.394 e. The predicted molar refractivity (Wildman–Crippen MR) is 55.4 cm³/mol. The molecule has 15 heavy (non-hydrogen) atoms. The molecule has 0 saturated carbocycles. The number of hydrogen-bond donors (Lipinski definition) is 3. The molecule has 1 rings (SSSR count). The molecular formula is C9H14N4O2. The molecule has 0 spiro atoms. The molecule has 0 saturated heterocycles. The minimum Gasteiger partial charge on any atom is -0.394 e. The molecule has 0 aliphatic rings. The first kappa shape index (κ1) is 11.4. The van der Waals surface area contributed by atoms with Crippen molar-refractivity contribution < 1.29 is 9.90 Å². The van der Waals surface area contributed by atoms with Crippen LogP contribution in [-0.2, 0) is 0 Å². The number of urea groups is 1. The van der Waals surface area contributed by atoms with E-state index in [4.69, 9.17) is 5.11 Å². The summed E-state index contributed by atoms with van der Waals surface area (Å²) >= 11 is 0. The third kappa shape index (κ3) is 3.90. The minimum atomic E-state index is -0.660. The molecule has 0 aromatic carbocycles. The number of aromatic nitrogens is 2. The monoisotopic (exact) mass is 210 g/mol. The Morgan fingerprint density at radius 1 is 1.53 bits per heavy atom. The van der Waals surface area contributed by atoms with Crippen molar-refractivity contribution in [2.24, 2.45) is 0 Å². The highest BCUT2D eigenvalue weighted by molar-refractivity contribution is 5.88. The van der Waals surface area contributed by atoms with Gasteiger partial charge in [0.15, 0.2) is 5.82 Å². The van der Waals surface area contributed by atoms with Gasteiger partial charge in [-0.05, 0) is 13.8 Å². The summed E-state index contributed by atoms with van der Waals surface area (Å²) in [4.78, 5) is 19.1. The number of nitrogens with one attached hydrogen (secondary N) is 2. The summed E-state index contributed by atoms with van der Waals surface area (Å²) in [5.74, 6) is 0.365. The summed E-state index contributed by atoms with van der Waals surface area (Å²) in [6.07, 6.45) is 4.43. The van der Waals surface area contributed by atoms with Crippen LogP contribution in [0, 0.1) is 0 Å². The normalized spacial score (nSPS) is 10.9. The van der Waals surface area contributed by atoms with E-state index in [9.17, 15) is 4.79 Å². The van der Waals surface area contributed by atoms with Crippen molar-refractivity contribution in [3.63, 3.8) is 0 Å². The third-order valence-corrected chi connectivity index (χ3v) is 1.65. The maximum atomic E-state index is 11.4. The van der Waals surface area contributed by atoms with Crippen molar-refractivity contribution in [3.8, 4) is 0 Å². The smallest absolute Gasteiger partial charge is 0.320 e. The van der Waals surface area contributed by atoms with E-state index in [0.717, 1.165) is 0 Å². The second-order valence-corrected chi connectivity index (χ2v) is 3.71. The number of amides is 2. The predicted octanol–water partition coefficient (Wildman–Crippen LogP) is 0.369. The zero-order chi connectivity index (χ0) is 11.3. The van der Waals surface area contributed by atoms with Crippen molar-refractivity contribution in [2.75, 3.05) is 11.9 Å². The van der Waals surface area contributed by atoms with Crippen molar-refractivity contribution in [3.05, 3.63) is 18.6 Å². The summed E-state index contributed by atoms with van der Waals surface area (Å²) in [5.41, 5.74) is -0.660. The van der Waals surface area contributed by atoms with Gasteiger partial charge in [-0.3, -0.25) is 10.3 Å². The van der Waals surface area contributed by atoms with Crippen molar-refractivity contribution >= 4 is 11.8 Å². The second kappa shape index (κ2) is 4.70. The van der Waals surface area contributed by atoms with Gasteiger partial charge in [0.2, 0.25) is 0 Å². The first-order valence-corrected chi connectivity index (χ1v) is 4.49. The fourth-order valence-electron chi connectivity index (χ4n) is 0.858. The van der Waals surface area contributed by atoms with E-state index >= 15 is 0 Å². The minimum absolute atomic E-state index is 0.138. The Morgan fingerprint density at radius 3 is 2.80 bits per heavy atom. The first-order chi connectivity index (χ1) is 7.03. The number of carbonyl (C=O) groups is 1. The number of nitrogens with zero attached hydrogens (tertiary/aromatic N) is 2. The Morgan fingerprint density at radius 2 is 2.27 bits per heavy atom. The van der Waals surface area contributed by atoms with E-state index < -0.39 is 11.6 Å². The molecule has 82 valence electrons. The Balaban J connectivity index is 2.51. The highest BCUT2D eigenvalue weighted by Crippen LogP contribution is 2.01. The van der Waals surface area contributed by atoms with Gasteiger partial charge in [0, 0.05) is 12.4 Å². The van der Waals surface area contributed by atoms with E-state index in [1.807, 2.05) is 0 Å². The van der Waals surface area contributed by atoms with Gasteiger partial charge < -0.3 is 10.4 Å². The molecule has 0 atom stereocenters. The van der Waals surface area contributed by atoms with E-state index in [-0.39, 0.29) is 6.61 Å². The van der Waals surface area contributed by atoms with Crippen LogP contribution in [0.25, 0.3) is 0 Å². The van der Waals surface area contributed by atoms with Gasteiger partial charge in [0.25, 0.3) is 0 Å². The summed E-state index contributed by atoms with van der Waals surface area (Å²) in [6.45, 7) is 3.29. The lowest BCUT2D eigenvalue weighted by Gasteiger charge is -2.23. The Bertz CT molecular complexity index is 326. The third-order valence-electron chi connectivity index (χ3n) is 1.65. The zero-order valence-electron chi connectivity index (χ0n) is 8.69.